The number of nitrogens with two attached hydrogens (primary N) is 1. The van der Waals surface area contributed by atoms with Gasteiger partial charge in [0.15, 0.2) is 5.82 Å². The number of thioether (sulfide) groups is 1. The molecule has 3 rings (SSSR count). The Morgan fingerprint density at radius 1 is 1.50 bits per heavy atom. The fraction of sp³-hybridized carbons (Fsp3) is 0.615. The van der Waals surface area contributed by atoms with E-state index in [0.29, 0.717) is 5.89 Å². The van der Waals surface area contributed by atoms with Gasteiger partial charge in [-0.2, -0.15) is 21.8 Å². The topological polar surface area (TPSA) is 82.8 Å². The molecule has 7 heteroatoms. The number of nitrogens with zero attached hydrogens (tertiary/aromatic N) is 4. The average Bonchev–Trinajstić information content (AvgIpc) is 3.17. The Hall–Kier alpha value is -1.34. The first-order valence-corrected chi connectivity index (χ1v) is 7.95. The largest absolute Gasteiger partial charge is 0.337 e. The van der Waals surface area contributed by atoms with E-state index in [9.17, 15) is 0 Å². The highest BCUT2D eigenvalue weighted by Gasteiger charge is 2.20. The van der Waals surface area contributed by atoms with E-state index >= 15 is 0 Å². The van der Waals surface area contributed by atoms with Crippen LogP contribution in [0.1, 0.15) is 49.0 Å². The summed E-state index contributed by atoms with van der Waals surface area (Å²) in [4.78, 5) is 4.40. The first kappa shape index (κ1) is 13.6. The van der Waals surface area contributed by atoms with Crippen LogP contribution in [0.25, 0.3) is 0 Å². The summed E-state index contributed by atoms with van der Waals surface area (Å²) in [6, 6.07) is -0.401. The minimum absolute atomic E-state index is 0.401. The fourth-order valence-corrected chi connectivity index (χ4v) is 3.61. The van der Waals surface area contributed by atoms with Crippen LogP contribution in [-0.2, 0) is 12.8 Å². The third kappa shape index (κ3) is 3.04. The molecular formula is C13H19N5OS. The van der Waals surface area contributed by atoms with Crippen LogP contribution in [0.2, 0.25) is 0 Å². The molecule has 0 radical (unpaired) electrons. The maximum absolute atomic E-state index is 6.10. The minimum atomic E-state index is -0.401. The van der Waals surface area contributed by atoms with Gasteiger partial charge in [-0.05, 0) is 12.8 Å². The van der Waals surface area contributed by atoms with Crippen LogP contribution in [0.15, 0.2) is 16.9 Å². The summed E-state index contributed by atoms with van der Waals surface area (Å²) in [5.41, 5.74) is 6.99. The SMILES string of the molecule is Cn1cc(C(N)c2nc(CSC3CCCC3)no2)cn1. The van der Waals surface area contributed by atoms with Crippen LogP contribution in [-0.4, -0.2) is 25.2 Å². The molecule has 0 bridgehead atoms. The average molecular weight is 293 g/mol. The number of hydrogen-bond acceptors (Lipinski definition) is 6. The molecule has 20 heavy (non-hydrogen) atoms. The van der Waals surface area contributed by atoms with Crippen molar-refractivity contribution in [3.63, 3.8) is 0 Å². The molecule has 1 fully saturated rings. The lowest BCUT2D eigenvalue weighted by Crippen LogP contribution is -2.11. The second-order valence-corrected chi connectivity index (χ2v) is 6.48. The third-order valence-electron chi connectivity index (χ3n) is 3.58. The Bertz CT molecular complexity index is 561. The Labute approximate surface area is 122 Å². The molecule has 2 heterocycles. The van der Waals surface area contributed by atoms with Crippen molar-refractivity contribution in [2.75, 3.05) is 0 Å². The molecule has 1 saturated carbocycles. The molecule has 0 amide bonds. The van der Waals surface area contributed by atoms with Gasteiger partial charge in [-0.3, -0.25) is 4.68 Å². The summed E-state index contributed by atoms with van der Waals surface area (Å²) < 4.78 is 6.98. The normalized spacial score (nSPS) is 17.7. The van der Waals surface area contributed by atoms with Crippen molar-refractivity contribution in [2.45, 2.75) is 42.7 Å². The second-order valence-electron chi connectivity index (χ2n) is 5.19. The zero-order valence-corrected chi connectivity index (χ0v) is 12.3. The first-order valence-electron chi connectivity index (χ1n) is 6.90. The van der Waals surface area contributed by atoms with E-state index < -0.39 is 6.04 Å². The molecule has 1 aliphatic rings. The van der Waals surface area contributed by atoms with Gasteiger partial charge in [-0.1, -0.05) is 18.0 Å². The molecule has 1 unspecified atom stereocenters. The molecule has 2 aromatic rings. The standard InChI is InChI=1S/C13H19N5OS/c1-18-7-9(6-15-18)12(14)13-16-11(17-19-13)8-20-10-4-2-3-5-10/h6-7,10,12H,2-5,8,14H2,1H3. The molecule has 108 valence electrons. The highest BCUT2D eigenvalue weighted by molar-refractivity contribution is 7.99. The lowest BCUT2D eigenvalue weighted by molar-refractivity contribution is 0.363. The maximum Gasteiger partial charge on any atom is 0.248 e. The predicted octanol–water partition coefficient (Wildman–Crippen LogP) is 2.03. The number of hydrogen-bond donors (Lipinski definition) is 1. The van der Waals surface area contributed by atoms with Gasteiger partial charge in [0, 0.05) is 24.1 Å². The molecule has 0 spiro atoms. The molecule has 2 N–H and O–H groups in total. The van der Waals surface area contributed by atoms with Gasteiger partial charge in [0.25, 0.3) is 0 Å². The molecule has 2 aromatic heterocycles. The van der Waals surface area contributed by atoms with Gasteiger partial charge < -0.3 is 10.3 Å². The smallest absolute Gasteiger partial charge is 0.248 e. The van der Waals surface area contributed by atoms with Crippen LogP contribution in [0.4, 0.5) is 0 Å². The quantitative estimate of drug-likeness (QED) is 0.908. The fourth-order valence-electron chi connectivity index (χ4n) is 2.44. The van der Waals surface area contributed by atoms with Gasteiger partial charge in [0.2, 0.25) is 5.89 Å². The van der Waals surface area contributed by atoms with Crippen LogP contribution < -0.4 is 5.73 Å². The Kier molecular flexibility index (Phi) is 4.07. The van der Waals surface area contributed by atoms with Crippen molar-refractivity contribution in [1.29, 1.82) is 0 Å². The van der Waals surface area contributed by atoms with Crippen LogP contribution in [0.5, 0.6) is 0 Å². The highest BCUT2D eigenvalue weighted by Crippen LogP contribution is 2.31. The number of rotatable bonds is 5. The minimum Gasteiger partial charge on any atom is -0.337 e. The van der Waals surface area contributed by atoms with Crippen molar-refractivity contribution in [2.24, 2.45) is 12.8 Å². The summed E-state index contributed by atoms with van der Waals surface area (Å²) in [5.74, 6) is 1.99. The van der Waals surface area contributed by atoms with E-state index in [4.69, 9.17) is 10.3 Å². The third-order valence-corrected chi connectivity index (χ3v) is 4.95. The summed E-state index contributed by atoms with van der Waals surface area (Å²) in [7, 11) is 1.85. The zero-order chi connectivity index (χ0) is 13.9. The van der Waals surface area contributed by atoms with E-state index in [-0.39, 0.29) is 0 Å². The number of aromatic nitrogens is 4. The Morgan fingerprint density at radius 2 is 2.30 bits per heavy atom. The lowest BCUT2D eigenvalue weighted by Gasteiger charge is -2.05. The summed E-state index contributed by atoms with van der Waals surface area (Å²) >= 11 is 1.92. The summed E-state index contributed by atoms with van der Waals surface area (Å²) in [5, 5.41) is 8.87. The molecule has 0 aliphatic heterocycles. The molecule has 0 aromatic carbocycles. The Balaban J connectivity index is 1.60. The van der Waals surface area contributed by atoms with Gasteiger partial charge >= 0.3 is 0 Å². The van der Waals surface area contributed by atoms with E-state index in [1.54, 1.807) is 10.9 Å². The number of aryl methyl sites for hydroxylation is 1. The van der Waals surface area contributed by atoms with Crippen molar-refractivity contribution < 1.29 is 4.52 Å². The molecular weight excluding hydrogens is 274 g/mol. The van der Waals surface area contributed by atoms with Gasteiger partial charge in [0.05, 0.1) is 11.9 Å². The predicted molar refractivity (Wildman–Crippen MR) is 77.1 cm³/mol. The van der Waals surface area contributed by atoms with E-state index in [0.717, 1.165) is 22.4 Å². The lowest BCUT2D eigenvalue weighted by atomic mass is 10.2. The molecule has 1 atom stereocenters. The molecule has 6 nitrogen and oxygen atoms in total. The monoisotopic (exact) mass is 293 g/mol. The second kappa shape index (κ2) is 5.97. The van der Waals surface area contributed by atoms with Gasteiger partial charge in [-0.25, -0.2) is 0 Å². The van der Waals surface area contributed by atoms with Gasteiger partial charge in [-0.15, -0.1) is 0 Å². The van der Waals surface area contributed by atoms with Gasteiger partial charge in [0.1, 0.15) is 6.04 Å². The molecule has 1 aliphatic carbocycles. The maximum atomic E-state index is 6.10. The highest BCUT2D eigenvalue weighted by atomic mass is 32.2. The Morgan fingerprint density at radius 3 is 3.00 bits per heavy atom. The summed E-state index contributed by atoms with van der Waals surface area (Å²) in [6.45, 7) is 0. The molecule has 0 saturated heterocycles. The van der Waals surface area contributed by atoms with E-state index in [2.05, 4.69) is 15.2 Å². The van der Waals surface area contributed by atoms with Crippen molar-refractivity contribution in [1.82, 2.24) is 19.9 Å². The van der Waals surface area contributed by atoms with Crippen molar-refractivity contribution in [3.05, 3.63) is 29.7 Å². The van der Waals surface area contributed by atoms with Crippen molar-refractivity contribution in [3.8, 4) is 0 Å². The van der Waals surface area contributed by atoms with Crippen LogP contribution in [0.3, 0.4) is 0 Å². The van der Waals surface area contributed by atoms with E-state index in [1.807, 2.05) is 25.0 Å². The van der Waals surface area contributed by atoms with Crippen LogP contribution in [0, 0.1) is 0 Å². The van der Waals surface area contributed by atoms with E-state index in [1.165, 1.54) is 25.7 Å². The first-order chi connectivity index (χ1) is 9.72. The van der Waals surface area contributed by atoms with Crippen LogP contribution >= 0.6 is 11.8 Å². The summed E-state index contributed by atoms with van der Waals surface area (Å²) in [6.07, 6.45) is 8.90. The zero-order valence-electron chi connectivity index (χ0n) is 11.5. The van der Waals surface area contributed by atoms with Crippen molar-refractivity contribution >= 4 is 11.8 Å².